The lowest BCUT2D eigenvalue weighted by Gasteiger charge is -2.72. The molecule has 1 aliphatic heterocycles. The summed E-state index contributed by atoms with van der Waals surface area (Å²) >= 11 is 0. The lowest BCUT2D eigenvalue weighted by Crippen LogP contribution is -2.80. The molecule has 1 aromatic rings. The summed E-state index contributed by atoms with van der Waals surface area (Å²) in [6.45, 7) is 6.19. The van der Waals surface area contributed by atoms with Crippen molar-refractivity contribution in [1.29, 1.82) is 0 Å². The second-order valence-corrected chi connectivity index (χ2v) is 13.0. The van der Waals surface area contributed by atoms with Crippen LogP contribution < -0.4 is 0 Å². The van der Waals surface area contributed by atoms with Crippen LogP contribution in [0.3, 0.4) is 0 Å². The molecule has 1 saturated heterocycles. The Balaban J connectivity index is 1.53. The average molecular weight is 533 g/mol. The monoisotopic (exact) mass is 532 g/mol. The molecule has 10 nitrogen and oxygen atoms in total. The maximum Gasteiger partial charge on any atom is 0.302 e. The molecule has 13 atom stereocenters. The van der Waals surface area contributed by atoms with Gasteiger partial charge < -0.3 is 34.3 Å². The van der Waals surface area contributed by atoms with Crippen LogP contribution in [0.1, 0.15) is 58.4 Å². The quantitative estimate of drug-likeness (QED) is 0.403. The molecule has 0 spiro atoms. The fraction of sp³-hybridized carbons (Fsp3) is 0.750. The third-order valence-electron chi connectivity index (χ3n) is 11.6. The first-order valence-corrected chi connectivity index (χ1v) is 13.4. The number of esters is 1. The Kier molecular flexibility index (Phi) is 5.48. The Labute approximate surface area is 220 Å². The summed E-state index contributed by atoms with van der Waals surface area (Å²) in [5, 5.41) is 46.4. The summed E-state index contributed by atoms with van der Waals surface area (Å²) in [4.78, 5) is 40.2. The van der Waals surface area contributed by atoms with Crippen molar-refractivity contribution in [3.8, 4) is 0 Å². The van der Waals surface area contributed by atoms with E-state index in [2.05, 4.69) is 0 Å². The molecule has 10 heteroatoms. The zero-order chi connectivity index (χ0) is 27.6. The molecule has 4 N–H and O–H groups in total. The van der Waals surface area contributed by atoms with Gasteiger partial charge >= 0.3 is 5.97 Å². The molecule has 4 aliphatic carbocycles. The van der Waals surface area contributed by atoms with Gasteiger partial charge in [0.1, 0.15) is 18.0 Å². The molecular formula is C28H36O10. The minimum Gasteiger partial charge on any atom is -0.472 e. The highest BCUT2D eigenvalue weighted by Gasteiger charge is 2.81. The molecule has 2 bridgehead atoms. The van der Waals surface area contributed by atoms with Crippen LogP contribution in [-0.2, 0) is 23.9 Å². The fourth-order valence-corrected chi connectivity index (χ4v) is 10.0. The number of carbonyl (C=O) groups excluding carboxylic acids is 3. The number of hydrogen-bond acceptors (Lipinski definition) is 10. The van der Waals surface area contributed by atoms with Crippen molar-refractivity contribution < 1.29 is 48.7 Å². The first-order chi connectivity index (χ1) is 17.8. The van der Waals surface area contributed by atoms with Gasteiger partial charge in [-0.1, -0.05) is 20.8 Å². The molecule has 0 radical (unpaired) electrons. The van der Waals surface area contributed by atoms with Gasteiger partial charge in [-0.2, -0.15) is 0 Å². The number of carbonyl (C=O) groups is 3. The van der Waals surface area contributed by atoms with E-state index in [0.29, 0.717) is 5.56 Å². The smallest absolute Gasteiger partial charge is 0.302 e. The van der Waals surface area contributed by atoms with Crippen LogP contribution in [0.4, 0.5) is 0 Å². The van der Waals surface area contributed by atoms with Gasteiger partial charge in [0, 0.05) is 53.8 Å². The van der Waals surface area contributed by atoms with Gasteiger partial charge in [-0.3, -0.25) is 14.4 Å². The van der Waals surface area contributed by atoms with Crippen LogP contribution in [0, 0.1) is 39.4 Å². The van der Waals surface area contributed by atoms with E-state index in [9.17, 15) is 34.8 Å². The second-order valence-electron chi connectivity index (χ2n) is 13.0. The largest absolute Gasteiger partial charge is 0.472 e. The number of fused-ring (bicyclic) bond motifs is 3. The van der Waals surface area contributed by atoms with Gasteiger partial charge in [0.05, 0.1) is 36.8 Å². The standard InChI is InChI=1S/C28H36O10/c1-12(29)38-19-9-18(32)28-11-37-24(35)26(19,3)16(28)8-17(31)27(4)21-15(30)7-14(13-5-6-36-10-13)25(21,2)23(34)20(33)22(27)28/h5-6,10,14,16-19,21-24,31-32,34-35H,7-9,11H2,1-4H3/t14-,16-,17+,18-,19+,21+,22-,23-,24?,25-,26+,27-,28+/m0/s1. The Hall–Kier alpha value is -2.11. The summed E-state index contributed by atoms with van der Waals surface area (Å²) in [5.41, 5.74) is -4.37. The molecule has 0 aromatic carbocycles. The van der Waals surface area contributed by atoms with Crippen molar-refractivity contribution in [2.45, 2.75) is 83.6 Å². The minimum absolute atomic E-state index is 0.0490. The zero-order valence-electron chi connectivity index (χ0n) is 22.0. The Morgan fingerprint density at radius 2 is 1.71 bits per heavy atom. The van der Waals surface area contributed by atoms with Gasteiger partial charge in [-0.15, -0.1) is 0 Å². The number of ether oxygens (including phenoxy) is 2. The zero-order valence-corrected chi connectivity index (χ0v) is 22.0. The van der Waals surface area contributed by atoms with Gasteiger partial charge in [-0.25, -0.2) is 0 Å². The highest BCUT2D eigenvalue weighted by atomic mass is 16.6. The molecule has 2 heterocycles. The number of rotatable bonds is 2. The lowest BCUT2D eigenvalue weighted by molar-refractivity contribution is -0.371. The van der Waals surface area contributed by atoms with Crippen molar-refractivity contribution in [2.75, 3.05) is 6.61 Å². The molecule has 38 heavy (non-hydrogen) atoms. The number of hydrogen-bond donors (Lipinski definition) is 4. The number of aliphatic hydroxyl groups is 4. The summed E-state index contributed by atoms with van der Waals surface area (Å²) in [7, 11) is 0. The molecule has 5 aliphatic rings. The van der Waals surface area contributed by atoms with Crippen LogP contribution >= 0.6 is 0 Å². The number of furan rings is 1. The second kappa shape index (κ2) is 7.97. The van der Waals surface area contributed by atoms with Crippen LogP contribution in [0.15, 0.2) is 23.0 Å². The fourth-order valence-electron chi connectivity index (χ4n) is 10.0. The third-order valence-corrected chi connectivity index (χ3v) is 11.6. The van der Waals surface area contributed by atoms with E-state index in [1.165, 1.54) is 19.5 Å². The SMILES string of the molecule is CC(=O)O[C@@H]1C[C@H](O)[C@@]23COC(O)[C@]1(C)[C@@H]2C[C@@H](O)[C@@]1(C)[C@@H]2C(=O)C[C@@H](c4ccoc4)[C@]2(C)[C@@H](O)C(=O)[C@@H]13. The molecule has 4 saturated carbocycles. The Bertz CT molecular complexity index is 1180. The highest BCUT2D eigenvalue weighted by molar-refractivity contribution is 5.96. The lowest BCUT2D eigenvalue weighted by atomic mass is 9.33. The first kappa shape index (κ1) is 26.1. The van der Waals surface area contributed by atoms with Crippen molar-refractivity contribution in [3.63, 3.8) is 0 Å². The van der Waals surface area contributed by atoms with Gasteiger partial charge in [-0.05, 0) is 24.0 Å². The number of aliphatic hydroxyl groups excluding tert-OH is 4. The van der Waals surface area contributed by atoms with Crippen molar-refractivity contribution >= 4 is 17.5 Å². The number of ketones is 2. The molecule has 0 amide bonds. The van der Waals surface area contributed by atoms with Crippen LogP contribution in [0.2, 0.25) is 0 Å². The normalized spacial score (nSPS) is 53.6. The van der Waals surface area contributed by atoms with E-state index in [1.807, 2.05) is 0 Å². The van der Waals surface area contributed by atoms with Crippen molar-refractivity contribution in [3.05, 3.63) is 24.2 Å². The summed E-state index contributed by atoms with van der Waals surface area (Å²) in [5.74, 6) is -4.49. The van der Waals surface area contributed by atoms with E-state index in [4.69, 9.17) is 13.9 Å². The van der Waals surface area contributed by atoms with Crippen molar-refractivity contribution in [2.24, 2.45) is 39.4 Å². The average Bonchev–Trinajstić information content (AvgIpc) is 3.46. The van der Waals surface area contributed by atoms with E-state index in [-0.39, 0.29) is 31.7 Å². The summed E-state index contributed by atoms with van der Waals surface area (Å²) in [6, 6.07) is 1.73. The van der Waals surface area contributed by atoms with E-state index in [0.717, 1.165) is 0 Å². The summed E-state index contributed by atoms with van der Waals surface area (Å²) in [6.07, 6.45) is -3.14. The van der Waals surface area contributed by atoms with E-state index >= 15 is 0 Å². The maximum atomic E-state index is 14.4. The Morgan fingerprint density at radius 1 is 1.00 bits per heavy atom. The van der Waals surface area contributed by atoms with Crippen molar-refractivity contribution in [1.82, 2.24) is 0 Å². The highest BCUT2D eigenvalue weighted by Crippen LogP contribution is 2.75. The molecule has 1 aromatic heterocycles. The minimum atomic E-state index is -1.55. The topological polar surface area (TPSA) is 164 Å². The molecule has 5 fully saturated rings. The first-order valence-electron chi connectivity index (χ1n) is 13.4. The van der Waals surface area contributed by atoms with E-state index in [1.54, 1.807) is 26.8 Å². The van der Waals surface area contributed by atoms with Gasteiger partial charge in [0.2, 0.25) is 0 Å². The molecule has 208 valence electrons. The van der Waals surface area contributed by atoms with Crippen LogP contribution in [0.5, 0.6) is 0 Å². The molecule has 6 rings (SSSR count). The predicted molar refractivity (Wildman–Crippen MR) is 128 cm³/mol. The third kappa shape index (κ3) is 2.78. The molecule has 1 unspecified atom stereocenters. The van der Waals surface area contributed by atoms with Crippen LogP contribution in [0.25, 0.3) is 0 Å². The summed E-state index contributed by atoms with van der Waals surface area (Å²) < 4.78 is 16.7. The van der Waals surface area contributed by atoms with Gasteiger partial charge in [0.15, 0.2) is 12.1 Å². The van der Waals surface area contributed by atoms with E-state index < -0.39 is 87.8 Å². The van der Waals surface area contributed by atoms with Gasteiger partial charge in [0.25, 0.3) is 0 Å². The maximum absolute atomic E-state index is 14.4. The predicted octanol–water partition coefficient (Wildman–Crippen LogP) is 0.943. The van der Waals surface area contributed by atoms with Crippen LogP contribution in [-0.4, -0.2) is 75.3 Å². The Morgan fingerprint density at radius 3 is 2.34 bits per heavy atom. The number of Topliss-reactive ketones (excluding diaryl/α,β-unsaturated/α-hetero) is 2. The molecular weight excluding hydrogens is 496 g/mol.